The highest BCUT2D eigenvalue weighted by molar-refractivity contribution is 7.89. The molecule has 1 aromatic heterocycles. The van der Waals surface area contributed by atoms with Crippen LogP contribution in [-0.2, 0) is 10.0 Å². The summed E-state index contributed by atoms with van der Waals surface area (Å²) in [5.41, 5.74) is 8.29. The molecule has 2 heterocycles. The lowest BCUT2D eigenvalue weighted by atomic mass is 10.0. The van der Waals surface area contributed by atoms with Crippen LogP contribution in [0.3, 0.4) is 0 Å². The molecule has 1 saturated heterocycles. The van der Waals surface area contributed by atoms with Crippen molar-refractivity contribution in [2.75, 3.05) is 6.54 Å². The number of hydrogen-bond acceptors (Lipinski definition) is 4. The molecular formula is C23H22FN3O3S. The standard InChI is InChI=1S/C23H22FN3O3S/c1-15-12-19(8-9-20(15)24)31(29,30)27-11-3-6-22(27)21-10-7-18(14-26-21)16-4-2-5-17(13-16)23(25)28/h2,4-5,7-10,12-14,22H,3,6,11H2,1H3,(H2,25,28)/t22-/m1/s1. The summed E-state index contributed by atoms with van der Waals surface area (Å²) < 4.78 is 41.5. The summed E-state index contributed by atoms with van der Waals surface area (Å²) in [6, 6.07) is 14.1. The van der Waals surface area contributed by atoms with Crippen molar-refractivity contribution in [3.8, 4) is 11.1 Å². The number of aromatic nitrogens is 1. The number of nitrogens with zero attached hydrogens (tertiary/aromatic N) is 2. The Bertz CT molecular complexity index is 1240. The zero-order chi connectivity index (χ0) is 22.2. The van der Waals surface area contributed by atoms with Crippen LogP contribution in [-0.4, -0.2) is 30.2 Å². The predicted molar refractivity (Wildman–Crippen MR) is 115 cm³/mol. The van der Waals surface area contributed by atoms with Gasteiger partial charge in [-0.1, -0.05) is 18.2 Å². The second-order valence-corrected chi connectivity index (χ2v) is 9.49. The highest BCUT2D eigenvalue weighted by Crippen LogP contribution is 2.36. The number of primary amides is 1. The predicted octanol–water partition coefficient (Wildman–Crippen LogP) is 3.82. The smallest absolute Gasteiger partial charge is 0.248 e. The lowest BCUT2D eigenvalue weighted by Crippen LogP contribution is -2.31. The van der Waals surface area contributed by atoms with Crippen LogP contribution < -0.4 is 5.73 Å². The maximum absolute atomic E-state index is 13.6. The van der Waals surface area contributed by atoms with Gasteiger partial charge in [0.15, 0.2) is 0 Å². The summed E-state index contributed by atoms with van der Waals surface area (Å²) in [4.78, 5) is 16.0. The van der Waals surface area contributed by atoms with Gasteiger partial charge in [-0.3, -0.25) is 9.78 Å². The van der Waals surface area contributed by atoms with Crippen molar-refractivity contribution in [2.24, 2.45) is 5.73 Å². The van der Waals surface area contributed by atoms with Crippen molar-refractivity contribution < 1.29 is 17.6 Å². The number of aryl methyl sites for hydroxylation is 1. The molecule has 4 rings (SSSR count). The molecule has 6 nitrogen and oxygen atoms in total. The molecule has 31 heavy (non-hydrogen) atoms. The number of hydrogen-bond donors (Lipinski definition) is 1. The van der Waals surface area contributed by atoms with E-state index >= 15 is 0 Å². The van der Waals surface area contributed by atoms with E-state index in [4.69, 9.17) is 5.73 Å². The number of halogens is 1. The summed E-state index contributed by atoms with van der Waals surface area (Å²) in [5, 5.41) is 0. The second-order valence-electron chi connectivity index (χ2n) is 7.60. The maximum Gasteiger partial charge on any atom is 0.248 e. The van der Waals surface area contributed by atoms with E-state index in [1.807, 2.05) is 12.1 Å². The first-order valence-corrected chi connectivity index (χ1v) is 11.4. The molecule has 0 bridgehead atoms. The average molecular weight is 440 g/mol. The van der Waals surface area contributed by atoms with Gasteiger partial charge in [-0.15, -0.1) is 0 Å². The average Bonchev–Trinajstić information content (AvgIpc) is 3.27. The first-order valence-electron chi connectivity index (χ1n) is 9.91. The van der Waals surface area contributed by atoms with Crippen LogP contribution in [0.1, 0.15) is 40.5 Å². The minimum Gasteiger partial charge on any atom is -0.366 e. The number of carbonyl (C=O) groups excluding carboxylic acids is 1. The number of nitrogens with two attached hydrogens (primary N) is 1. The van der Waals surface area contributed by atoms with Gasteiger partial charge in [-0.25, -0.2) is 12.8 Å². The minimum atomic E-state index is -3.78. The third-order valence-electron chi connectivity index (χ3n) is 5.55. The number of rotatable bonds is 5. The first kappa shape index (κ1) is 21.1. The molecule has 2 aromatic carbocycles. The van der Waals surface area contributed by atoms with Crippen molar-refractivity contribution in [3.05, 3.63) is 83.4 Å². The van der Waals surface area contributed by atoms with Gasteiger partial charge in [0.1, 0.15) is 5.82 Å². The van der Waals surface area contributed by atoms with Crippen LogP contribution in [0.25, 0.3) is 11.1 Å². The molecule has 0 aliphatic carbocycles. The number of sulfonamides is 1. The lowest BCUT2D eigenvalue weighted by Gasteiger charge is -2.24. The summed E-state index contributed by atoms with van der Waals surface area (Å²) in [7, 11) is -3.78. The molecule has 2 N–H and O–H groups in total. The van der Waals surface area contributed by atoms with E-state index in [2.05, 4.69) is 4.98 Å². The normalized spacial score (nSPS) is 17.0. The van der Waals surface area contributed by atoms with E-state index in [0.717, 1.165) is 11.1 Å². The third-order valence-corrected chi connectivity index (χ3v) is 7.45. The molecule has 3 aromatic rings. The highest BCUT2D eigenvalue weighted by Gasteiger charge is 2.37. The molecule has 160 valence electrons. The molecule has 0 radical (unpaired) electrons. The van der Waals surface area contributed by atoms with Crippen molar-refractivity contribution in [2.45, 2.75) is 30.7 Å². The van der Waals surface area contributed by atoms with Gasteiger partial charge in [-0.2, -0.15) is 4.31 Å². The highest BCUT2D eigenvalue weighted by atomic mass is 32.2. The Morgan fingerprint density at radius 2 is 1.94 bits per heavy atom. The van der Waals surface area contributed by atoms with Gasteiger partial charge in [0, 0.05) is 23.9 Å². The number of benzene rings is 2. The van der Waals surface area contributed by atoms with Crippen LogP contribution in [0.15, 0.2) is 65.7 Å². The van der Waals surface area contributed by atoms with Gasteiger partial charge in [-0.05, 0) is 67.3 Å². The summed E-state index contributed by atoms with van der Waals surface area (Å²) >= 11 is 0. The largest absolute Gasteiger partial charge is 0.366 e. The topological polar surface area (TPSA) is 93.4 Å². The molecule has 1 aliphatic heterocycles. The fourth-order valence-corrected chi connectivity index (χ4v) is 5.62. The molecule has 1 atom stereocenters. The zero-order valence-corrected chi connectivity index (χ0v) is 17.8. The number of pyridine rings is 1. The molecule has 0 unspecified atom stereocenters. The van der Waals surface area contributed by atoms with E-state index in [9.17, 15) is 17.6 Å². The van der Waals surface area contributed by atoms with E-state index < -0.39 is 21.7 Å². The fraction of sp³-hybridized carbons (Fsp3) is 0.217. The van der Waals surface area contributed by atoms with Crippen LogP contribution >= 0.6 is 0 Å². The Morgan fingerprint density at radius 3 is 2.61 bits per heavy atom. The Labute approximate surface area is 180 Å². The van der Waals surface area contributed by atoms with Crippen molar-refractivity contribution >= 4 is 15.9 Å². The molecule has 8 heteroatoms. The SMILES string of the molecule is Cc1cc(S(=O)(=O)N2CCC[C@@H]2c2ccc(-c3cccc(C(N)=O)c3)cn2)ccc1F. The molecular weight excluding hydrogens is 417 g/mol. The van der Waals surface area contributed by atoms with Gasteiger partial charge in [0.2, 0.25) is 15.9 Å². The lowest BCUT2D eigenvalue weighted by molar-refractivity contribution is 0.100. The van der Waals surface area contributed by atoms with Crippen molar-refractivity contribution in [1.82, 2.24) is 9.29 Å². The van der Waals surface area contributed by atoms with E-state index in [1.165, 1.54) is 22.5 Å². The van der Waals surface area contributed by atoms with Crippen LogP contribution in [0.2, 0.25) is 0 Å². The van der Waals surface area contributed by atoms with E-state index in [0.29, 0.717) is 30.6 Å². The van der Waals surface area contributed by atoms with Crippen LogP contribution in [0.5, 0.6) is 0 Å². The fourth-order valence-electron chi connectivity index (χ4n) is 3.86. The first-order chi connectivity index (χ1) is 14.8. The van der Waals surface area contributed by atoms with E-state index in [1.54, 1.807) is 37.4 Å². The molecule has 1 fully saturated rings. The van der Waals surface area contributed by atoms with Crippen LogP contribution in [0, 0.1) is 12.7 Å². The van der Waals surface area contributed by atoms with E-state index in [-0.39, 0.29) is 16.5 Å². The Hall–Kier alpha value is -3.10. The summed E-state index contributed by atoms with van der Waals surface area (Å²) in [6.07, 6.45) is 3.04. The monoisotopic (exact) mass is 439 g/mol. The van der Waals surface area contributed by atoms with Crippen LogP contribution in [0.4, 0.5) is 4.39 Å². The Balaban J connectivity index is 1.62. The summed E-state index contributed by atoms with van der Waals surface area (Å²) in [6.45, 7) is 1.93. The summed E-state index contributed by atoms with van der Waals surface area (Å²) in [5.74, 6) is -0.941. The molecule has 0 spiro atoms. The molecule has 1 aliphatic rings. The maximum atomic E-state index is 13.6. The quantitative estimate of drug-likeness (QED) is 0.654. The third kappa shape index (κ3) is 4.08. The van der Waals surface area contributed by atoms with Gasteiger partial charge < -0.3 is 5.73 Å². The van der Waals surface area contributed by atoms with Gasteiger partial charge in [0.25, 0.3) is 0 Å². The number of carbonyl (C=O) groups is 1. The van der Waals surface area contributed by atoms with Gasteiger partial charge in [0.05, 0.1) is 16.6 Å². The van der Waals surface area contributed by atoms with Gasteiger partial charge >= 0.3 is 0 Å². The Morgan fingerprint density at radius 1 is 1.13 bits per heavy atom. The zero-order valence-electron chi connectivity index (χ0n) is 17.0. The Kier molecular flexibility index (Phi) is 5.60. The molecule has 1 amide bonds. The minimum absolute atomic E-state index is 0.0817. The van der Waals surface area contributed by atoms with Crippen molar-refractivity contribution in [3.63, 3.8) is 0 Å². The second kappa shape index (κ2) is 8.20. The van der Waals surface area contributed by atoms with Crippen molar-refractivity contribution in [1.29, 1.82) is 0 Å². The number of amides is 1. The molecule has 0 saturated carbocycles.